The third-order valence-electron chi connectivity index (χ3n) is 4.55. The first kappa shape index (κ1) is 17.3. The summed E-state index contributed by atoms with van der Waals surface area (Å²) < 4.78 is 0. The van der Waals surface area contributed by atoms with Gasteiger partial charge in [0.1, 0.15) is 23.3 Å². The molecule has 0 radical (unpaired) electrons. The molecule has 0 amide bonds. The maximum atomic E-state index is 4.71. The fourth-order valence-electron chi connectivity index (χ4n) is 3.42. The molecule has 4 N–H and O–H groups in total. The SMILES string of the molecule is Cc1ncc(Cc2[nH]c(C)nc2Cc2nc(C)[nH]c2Cc2cnc(C)[nH]2)[nH]1. The summed E-state index contributed by atoms with van der Waals surface area (Å²) in [6.45, 7) is 7.88. The van der Waals surface area contributed by atoms with E-state index in [1.807, 2.05) is 40.1 Å². The maximum Gasteiger partial charge on any atom is 0.103 e. The lowest BCUT2D eigenvalue weighted by atomic mass is 10.1. The summed E-state index contributed by atoms with van der Waals surface area (Å²) in [5.41, 5.74) is 6.38. The van der Waals surface area contributed by atoms with Crippen LogP contribution >= 0.6 is 0 Å². The van der Waals surface area contributed by atoms with Gasteiger partial charge < -0.3 is 19.9 Å². The molecule has 0 unspecified atom stereocenters. The Morgan fingerprint density at radius 1 is 0.593 bits per heavy atom. The number of hydrogen-bond donors (Lipinski definition) is 4. The average molecular weight is 364 g/mol. The molecule has 4 aromatic heterocycles. The fraction of sp³-hybridized carbons (Fsp3) is 0.368. The van der Waals surface area contributed by atoms with Gasteiger partial charge >= 0.3 is 0 Å². The zero-order valence-electron chi connectivity index (χ0n) is 16.1. The minimum Gasteiger partial charge on any atom is -0.346 e. The largest absolute Gasteiger partial charge is 0.346 e. The highest BCUT2D eigenvalue weighted by molar-refractivity contribution is 5.29. The van der Waals surface area contributed by atoms with Crippen LogP contribution < -0.4 is 0 Å². The van der Waals surface area contributed by atoms with Crippen molar-refractivity contribution in [3.63, 3.8) is 0 Å². The molecular weight excluding hydrogens is 340 g/mol. The predicted octanol–water partition coefficient (Wildman–Crippen LogP) is 2.59. The number of hydrogen-bond acceptors (Lipinski definition) is 4. The number of aryl methyl sites for hydroxylation is 4. The highest BCUT2D eigenvalue weighted by atomic mass is 15.0. The smallest absolute Gasteiger partial charge is 0.103 e. The van der Waals surface area contributed by atoms with E-state index in [2.05, 4.69) is 29.9 Å². The summed E-state index contributed by atoms with van der Waals surface area (Å²) in [4.78, 5) is 31.3. The van der Waals surface area contributed by atoms with E-state index < -0.39 is 0 Å². The molecule has 0 atom stereocenters. The fourth-order valence-corrected chi connectivity index (χ4v) is 3.42. The van der Waals surface area contributed by atoms with Gasteiger partial charge in [-0.1, -0.05) is 0 Å². The topological polar surface area (TPSA) is 115 Å². The average Bonchev–Trinajstić information content (AvgIpc) is 3.34. The van der Waals surface area contributed by atoms with Crippen LogP contribution in [-0.2, 0) is 19.3 Å². The zero-order chi connectivity index (χ0) is 19.0. The van der Waals surface area contributed by atoms with Crippen LogP contribution in [0.25, 0.3) is 0 Å². The second-order valence-corrected chi connectivity index (χ2v) is 7.01. The monoisotopic (exact) mass is 364 g/mol. The number of rotatable bonds is 6. The van der Waals surface area contributed by atoms with Crippen molar-refractivity contribution in [2.75, 3.05) is 0 Å². The van der Waals surface area contributed by atoms with Crippen molar-refractivity contribution in [3.05, 3.63) is 69.9 Å². The van der Waals surface area contributed by atoms with E-state index >= 15 is 0 Å². The summed E-state index contributed by atoms with van der Waals surface area (Å²) in [6, 6.07) is 0. The standard InChI is InChI=1S/C19H24N8/c1-10-20-8-14(22-10)5-16-18(26-12(3)24-16)7-19-17(25-13(4)27-19)6-15-9-21-11(2)23-15/h8-9H,5-7H2,1-4H3,(H,20,22)(H,21,23)(H,24,26)(H,25,27). The molecular formula is C19H24N8. The Morgan fingerprint density at radius 2 is 1.04 bits per heavy atom. The summed E-state index contributed by atoms with van der Waals surface area (Å²) in [5.74, 6) is 3.66. The van der Waals surface area contributed by atoms with Gasteiger partial charge in [0.25, 0.3) is 0 Å². The molecule has 0 saturated carbocycles. The zero-order valence-corrected chi connectivity index (χ0v) is 16.1. The Morgan fingerprint density at radius 3 is 1.41 bits per heavy atom. The van der Waals surface area contributed by atoms with Gasteiger partial charge in [0.2, 0.25) is 0 Å². The van der Waals surface area contributed by atoms with E-state index in [-0.39, 0.29) is 0 Å². The van der Waals surface area contributed by atoms with Crippen molar-refractivity contribution < 1.29 is 0 Å². The molecule has 0 aromatic carbocycles. The van der Waals surface area contributed by atoms with E-state index in [1.165, 1.54) is 0 Å². The Kier molecular flexibility index (Phi) is 4.39. The minimum atomic E-state index is 0.680. The first-order chi connectivity index (χ1) is 13.0. The van der Waals surface area contributed by atoms with Gasteiger partial charge in [-0.25, -0.2) is 19.9 Å². The Bertz CT molecular complexity index is 977. The quantitative estimate of drug-likeness (QED) is 0.421. The maximum absolute atomic E-state index is 4.71. The second-order valence-electron chi connectivity index (χ2n) is 7.01. The summed E-state index contributed by atoms with van der Waals surface area (Å²) >= 11 is 0. The van der Waals surface area contributed by atoms with Crippen LogP contribution in [0.3, 0.4) is 0 Å². The first-order valence-electron chi connectivity index (χ1n) is 9.06. The van der Waals surface area contributed by atoms with Gasteiger partial charge in [0.15, 0.2) is 0 Å². The van der Waals surface area contributed by atoms with Crippen LogP contribution in [0.4, 0.5) is 0 Å². The van der Waals surface area contributed by atoms with Gasteiger partial charge in [-0.3, -0.25) is 0 Å². The molecule has 4 aromatic rings. The molecule has 0 spiro atoms. The minimum absolute atomic E-state index is 0.680. The molecule has 27 heavy (non-hydrogen) atoms. The molecule has 0 bridgehead atoms. The first-order valence-corrected chi connectivity index (χ1v) is 9.06. The molecule has 0 aliphatic heterocycles. The molecule has 0 fully saturated rings. The van der Waals surface area contributed by atoms with Crippen LogP contribution in [0.5, 0.6) is 0 Å². The lowest BCUT2D eigenvalue weighted by molar-refractivity contribution is 0.947. The van der Waals surface area contributed by atoms with E-state index in [9.17, 15) is 0 Å². The summed E-state index contributed by atoms with van der Waals surface area (Å²) in [6.07, 6.45) is 5.92. The molecule has 0 saturated heterocycles. The number of imidazole rings is 4. The molecule has 8 nitrogen and oxygen atoms in total. The van der Waals surface area contributed by atoms with Gasteiger partial charge in [-0.2, -0.15) is 0 Å². The van der Waals surface area contributed by atoms with Crippen molar-refractivity contribution in [2.45, 2.75) is 47.0 Å². The second kappa shape index (κ2) is 6.86. The lowest BCUT2D eigenvalue weighted by Gasteiger charge is -2.03. The van der Waals surface area contributed by atoms with Crippen LogP contribution in [-0.4, -0.2) is 39.9 Å². The normalized spacial score (nSPS) is 11.4. The Labute approximate surface area is 157 Å². The van der Waals surface area contributed by atoms with Crippen LogP contribution in [0.1, 0.15) is 57.5 Å². The molecule has 4 rings (SSSR count). The number of nitrogens with one attached hydrogen (secondary N) is 4. The van der Waals surface area contributed by atoms with Gasteiger partial charge in [-0.05, 0) is 27.7 Å². The number of nitrogens with zero attached hydrogens (tertiary/aromatic N) is 4. The number of aromatic nitrogens is 8. The van der Waals surface area contributed by atoms with E-state index in [1.54, 1.807) is 0 Å². The van der Waals surface area contributed by atoms with Crippen molar-refractivity contribution in [1.29, 1.82) is 0 Å². The van der Waals surface area contributed by atoms with E-state index in [4.69, 9.17) is 9.97 Å². The molecule has 4 heterocycles. The van der Waals surface area contributed by atoms with Crippen LogP contribution in [0.15, 0.2) is 12.4 Å². The van der Waals surface area contributed by atoms with Gasteiger partial charge in [0.05, 0.1) is 11.4 Å². The number of aromatic amines is 4. The number of H-pyrrole nitrogens is 4. The lowest BCUT2D eigenvalue weighted by Crippen LogP contribution is -2.01. The van der Waals surface area contributed by atoms with Crippen molar-refractivity contribution in [1.82, 2.24) is 39.9 Å². The molecule has 8 heteroatoms. The summed E-state index contributed by atoms with van der Waals surface area (Å²) in [5, 5.41) is 0. The van der Waals surface area contributed by atoms with Crippen molar-refractivity contribution in [3.8, 4) is 0 Å². The van der Waals surface area contributed by atoms with Gasteiger partial charge in [0, 0.05) is 54.4 Å². The third-order valence-corrected chi connectivity index (χ3v) is 4.55. The van der Waals surface area contributed by atoms with Crippen LogP contribution in [0, 0.1) is 27.7 Å². The third kappa shape index (κ3) is 3.84. The van der Waals surface area contributed by atoms with Crippen molar-refractivity contribution in [2.24, 2.45) is 0 Å². The highest BCUT2D eigenvalue weighted by Gasteiger charge is 2.16. The predicted molar refractivity (Wildman–Crippen MR) is 102 cm³/mol. The Hall–Kier alpha value is -3.16. The van der Waals surface area contributed by atoms with E-state index in [0.29, 0.717) is 6.42 Å². The highest BCUT2D eigenvalue weighted by Crippen LogP contribution is 2.19. The summed E-state index contributed by atoms with van der Waals surface area (Å²) in [7, 11) is 0. The van der Waals surface area contributed by atoms with Crippen molar-refractivity contribution >= 4 is 0 Å². The van der Waals surface area contributed by atoms with Gasteiger partial charge in [-0.15, -0.1) is 0 Å². The molecule has 0 aliphatic rings. The van der Waals surface area contributed by atoms with E-state index in [0.717, 1.165) is 70.3 Å². The molecule has 0 aliphatic carbocycles. The van der Waals surface area contributed by atoms with Crippen LogP contribution in [0.2, 0.25) is 0 Å². The Balaban J connectivity index is 1.59. The molecule has 140 valence electrons.